The fourth-order valence-corrected chi connectivity index (χ4v) is 5.18. The normalized spacial score (nSPS) is 23.7. The summed E-state index contributed by atoms with van der Waals surface area (Å²) >= 11 is 0. The summed E-state index contributed by atoms with van der Waals surface area (Å²) in [5.74, 6) is 0.954. The topological polar surface area (TPSA) is 57.7 Å². The summed E-state index contributed by atoms with van der Waals surface area (Å²) in [4.78, 5) is 22.4. The Balaban J connectivity index is 1.48. The van der Waals surface area contributed by atoms with Crippen molar-refractivity contribution in [3.63, 3.8) is 0 Å². The highest BCUT2D eigenvalue weighted by atomic mass is 19.1. The summed E-state index contributed by atoms with van der Waals surface area (Å²) < 4.78 is 19.2. The number of hydrogen-bond donors (Lipinski definition) is 1. The minimum Gasteiger partial charge on any atom is -0.381 e. The Morgan fingerprint density at radius 1 is 1.12 bits per heavy atom. The van der Waals surface area contributed by atoms with Crippen LogP contribution >= 0.6 is 0 Å². The largest absolute Gasteiger partial charge is 0.381 e. The van der Waals surface area contributed by atoms with E-state index in [9.17, 15) is 9.18 Å². The summed E-state index contributed by atoms with van der Waals surface area (Å²) in [6.07, 6.45) is 5.95. The van der Waals surface area contributed by atoms with Gasteiger partial charge in [0.2, 0.25) is 5.91 Å². The van der Waals surface area contributed by atoms with E-state index < -0.39 is 6.17 Å². The first kappa shape index (κ1) is 21.2. The van der Waals surface area contributed by atoms with Crippen molar-refractivity contribution < 1.29 is 13.9 Å². The number of amides is 1. The van der Waals surface area contributed by atoms with Crippen LogP contribution in [-0.4, -0.2) is 43.4 Å². The molecule has 7 heteroatoms. The molecule has 2 fully saturated rings. The molecule has 1 aromatic carbocycles. The second-order valence-electron chi connectivity index (χ2n) is 9.13. The molecule has 0 bridgehead atoms. The Labute approximate surface area is 188 Å². The molecule has 1 amide bonds. The first-order valence-electron chi connectivity index (χ1n) is 11.7. The van der Waals surface area contributed by atoms with Crippen LogP contribution in [-0.2, 0) is 16.1 Å². The maximum absolute atomic E-state index is 13.8. The Morgan fingerprint density at radius 2 is 1.91 bits per heavy atom. The molecule has 1 aliphatic carbocycles. The maximum Gasteiger partial charge on any atom is 0.230 e. The van der Waals surface area contributed by atoms with Crippen LogP contribution in [0.2, 0.25) is 0 Å². The van der Waals surface area contributed by atoms with Crippen molar-refractivity contribution in [1.82, 2.24) is 4.98 Å². The van der Waals surface area contributed by atoms with Crippen LogP contribution in [0.3, 0.4) is 0 Å². The van der Waals surface area contributed by atoms with E-state index in [0.717, 1.165) is 54.1 Å². The smallest absolute Gasteiger partial charge is 0.230 e. The number of piperidine rings is 1. The van der Waals surface area contributed by atoms with Crippen LogP contribution in [0.25, 0.3) is 0 Å². The number of nitrogens with one attached hydrogen (secondary N) is 1. The Kier molecular flexibility index (Phi) is 6.00. The third-order valence-corrected chi connectivity index (χ3v) is 7.16. The van der Waals surface area contributed by atoms with E-state index >= 15 is 0 Å². The summed E-state index contributed by atoms with van der Waals surface area (Å²) in [6.45, 7) is 1.89. The third kappa shape index (κ3) is 4.18. The van der Waals surface area contributed by atoms with Gasteiger partial charge in [-0.05, 0) is 62.8 Å². The SMILES string of the molecule is CO[C@H]1CC[C@H](C(=O)N2Cc3cccnc3Nc3ccc(N4CCC(F)CC4)cc32)CC1. The number of benzene rings is 1. The minimum absolute atomic E-state index is 0.00147. The highest BCUT2D eigenvalue weighted by Crippen LogP contribution is 2.40. The molecule has 0 radical (unpaired) electrons. The number of alkyl halides is 1. The Hall–Kier alpha value is -2.67. The van der Waals surface area contributed by atoms with Gasteiger partial charge in [0.15, 0.2) is 0 Å². The fourth-order valence-electron chi connectivity index (χ4n) is 5.18. The van der Waals surface area contributed by atoms with Gasteiger partial charge >= 0.3 is 0 Å². The van der Waals surface area contributed by atoms with E-state index in [1.807, 2.05) is 23.1 Å². The van der Waals surface area contributed by atoms with Crippen molar-refractivity contribution in [3.05, 3.63) is 42.1 Å². The molecule has 32 heavy (non-hydrogen) atoms. The zero-order chi connectivity index (χ0) is 22.1. The molecule has 0 atom stereocenters. The predicted octanol–water partition coefficient (Wildman–Crippen LogP) is 4.82. The number of pyridine rings is 1. The van der Waals surface area contributed by atoms with E-state index in [1.165, 1.54) is 0 Å². The van der Waals surface area contributed by atoms with Crippen LogP contribution < -0.4 is 15.1 Å². The molecular weight excluding hydrogens is 407 g/mol. The van der Waals surface area contributed by atoms with Gasteiger partial charge in [0, 0.05) is 43.6 Å². The summed E-state index contributed by atoms with van der Waals surface area (Å²) in [5.41, 5.74) is 3.80. The van der Waals surface area contributed by atoms with Crippen LogP contribution in [0.4, 0.5) is 27.3 Å². The molecule has 1 N–H and O–H groups in total. The van der Waals surface area contributed by atoms with Crippen molar-refractivity contribution in [2.24, 2.45) is 5.92 Å². The molecule has 1 saturated heterocycles. The van der Waals surface area contributed by atoms with Gasteiger partial charge in [0.25, 0.3) is 0 Å². The van der Waals surface area contributed by atoms with E-state index in [1.54, 1.807) is 13.3 Å². The number of methoxy groups -OCH3 is 1. The van der Waals surface area contributed by atoms with E-state index in [4.69, 9.17) is 4.74 Å². The van der Waals surface area contributed by atoms with Crippen molar-refractivity contribution in [2.45, 2.75) is 57.3 Å². The average molecular weight is 439 g/mol. The van der Waals surface area contributed by atoms with Crippen LogP contribution in [0, 0.1) is 5.92 Å². The predicted molar refractivity (Wildman–Crippen MR) is 124 cm³/mol. The second-order valence-corrected chi connectivity index (χ2v) is 9.13. The molecular formula is C25H31FN4O2. The standard InChI is InChI=1S/C25H31FN4O2/c1-32-21-7-4-17(5-8-21)25(31)30-16-18-3-2-12-27-24(18)28-22-9-6-20(15-23(22)30)29-13-10-19(26)11-14-29/h2-3,6,9,12,15,17,19,21H,4-5,7-8,10-11,13-14,16H2,1H3,(H,27,28)/t17-,21-. The average Bonchev–Trinajstić information content (AvgIpc) is 3.00. The third-order valence-electron chi connectivity index (χ3n) is 7.16. The highest BCUT2D eigenvalue weighted by Gasteiger charge is 2.33. The van der Waals surface area contributed by atoms with Crippen LogP contribution in [0.15, 0.2) is 36.5 Å². The lowest BCUT2D eigenvalue weighted by Gasteiger charge is -2.34. The summed E-state index contributed by atoms with van der Waals surface area (Å²) in [6, 6.07) is 10.1. The number of rotatable bonds is 3. The zero-order valence-electron chi connectivity index (χ0n) is 18.6. The lowest BCUT2D eigenvalue weighted by Crippen LogP contribution is -2.38. The number of anilines is 4. The van der Waals surface area contributed by atoms with E-state index in [2.05, 4.69) is 27.3 Å². The van der Waals surface area contributed by atoms with Crippen molar-refractivity contribution in [2.75, 3.05) is 35.3 Å². The number of ether oxygens (including phenoxy) is 1. The van der Waals surface area contributed by atoms with Crippen molar-refractivity contribution in [1.29, 1.82) is 0 Å². The number of aromatic nitrogens is 1. The van der Waals surface area contributed by atoms with Crippen LogP contribution in [0.1, 0.15) is 44.1 Å². The molecule has 3 heterocycles. The molecule has 1 saturated carbocycles. The second kappa shape index (κ2) is 9.06. The minimum atomic E-state index is -0.713. The van der Waals surface area contributed by atoms with E-state index in [0.29, 0.717) is 32.5 Å². The van der Waals surface area contributed by atoms with Gasteiger partial charge in [0.1, 0.15) is 12.0 Å². The van der Waals surface area contributed by atoms with E-state index in [-0.39, 0.29) is 17.9 Å². The number of halogens is 1. The maximum atomic E-state index is 13.8. The number of fused-ring (bicyclic) bond motifs is 2. The first-order chi connectivity index (χ1) is 15.6. The first-order valence-corrected chi connectivity index (χ1v) is 11.7. The van der Waals surface area contributed by atoms with Gasteiger partial charge in [-0.3, -0.25) is 4.79 Å². The molecule has 5 rings (SSSR count). The lowest BCUT2D eigenvalue weighted by atomic mass is 9.86. The van der Waals surface area contributed by atoms with Gasteiger partial charge in [0.05, 0.1) is 24.0 Å². The fraction of sp³-hybridized carbons (Fsp3) is 0.520. The summed E-state index contributed by atoms with van der Waals surface area (Å²) in [5, 5.41) is 3.44. The monoisotopic (exact) mass is 438 g/mol. The van der Waals surface area contributed by atoms with Crippen LogP contribution in [0.5, 0.6) is 0 Å². The molecule has 3 aliphatic rings. The van der Waals surface area contributed by atoms with Gasteiger partial charge in [-0.25, -0.2) is 9.37 Å². The molecule has 0 unspecified atom stereocenters. The molecule has 2 aliphatic heterocycles. The van der Waals surface area contributed by atoms with Gasteiger partial charge in [-0.2, -0.15) is 0 Å². The molecule has 170 valence electrons. The quantitative estimate of drug-likeness (QED) is 0.745. The molecule has 6 nitrogen and oxygen atoms in total. The lowest BCUT2D eigenvalue weighted by molar-refractivity contribution is -0.124. The summed E-state index contributed by atoms with van der Waals surface area (Å²) in [7, 11) is 1.75. The van der Waals surface area contributed by atoms with Gasteiger partial charge in [-0.15, -0.1) is 0 Å². The van der Waals surface area contributed by atoms with Crippen molar-refractivity contribution >= 4 is 28.8 Å². The number of nitrogens with zero attached hydrogens (tertiary/aromatic N) is 3. The molecule has 1 aromatic heterocycles. The Morgan fingerprint density at radius 3 is 2.66 bits per heavy atom. The van der Waals surface area contributed by atoms with Gasteiger partial charge in [-0.1, -0.05) is 6.07 Å². The Bertz CT molecular complexity index is 968. The zero-order valence-corrected chi connectivity index (χ0v) is 18.6. The highest BCUT2D eigenvalue weighted by molar-refractivity contribution is 6.00. The van der Waals surface area contributed by atoms with Crippen molar-refractivity contribution in [3.8, 4) is 0 Å². The number of hydrogen-bond acceptors (Lipinski definition) is 5. The van der Waals surface area contributed by atoms with Gasteiger partial charge < -0.3 is 19.9 Å². The molecule has 0 spiro atoms. The number of carbonyl (C=O) groups excluding carboxylic acids is 1. The number of carbonyl (C=O) groups is 1. The molecule has 2 aromatic rings.